The van der Waals surface area contributed by atoms with Crippen molar-refractivity contribution in [2.45, 2.75) is 19.8 Å². The molecule has 4 heteroatoms. The van der Waals surface area contributed by atoms with E-state index in [-0.39, 0.29) is 6.42 Å². The molecule has 0 heterocycles. The van der Waals surface area contributed by atoms with E-state index in [2.05, 4.69) is 0 Å². The summed E-state index contributed by atoms with van der Waals surface area (Å²) in [4.78, 5) is 10.8. The Hall–Kier alpha value is -1.09. The number of carboxylic acids is 1. The van der Waals surface area contributed by atoms with E-state index in [0.717, 1.165) is 0 Å². The van der Waals surface area contributed by atoms with E-state index in [9.17, 15) is 9.18 Å². The summed E-state index contributed by atoms with van der Waals surface area (Å²) < 4.78 is 13.3. The molecule has 1 aromatic rings. The lowest BCUT2D eigenvalue weighted by atomic mass is 9.97. The van der Waals surface area contributed by atoms with E-state index in [4.69, 9.17) is 16.7 Å². The lowest BCUT2D eigenvalue weighted by Crippen LogP contribution is -2.15. The largest absolute Gasteiger partial charge is 0.481 e. The van der Waals surface area contributed by atoms with Gasteiger partial charge in [-0.3, -0.25) is 4.79 Å². The first-order valence-corrected chi connectivity index (χ1v) is 5.09. The third-order valence-corrected chi connectivity index (χ3v) is 2.56. The fraction of sp³-hybridized carbons (Fsp3) is 0.364. The molecule has 1 rings (SSSR count). The summed E-state index contributed by atoms with van der Waals surface area (Å²) in [6.07, 6.45) is 0.687. The molecule has 15 heavy (non-hydrogen) atoms. The van der Waals surface area contributed by atoms with Crippen molar-refractivity contribution in [3.63, 3.8) is 0 Å². The minimum Gasteiger partial charge on any atom is -0.481 e. The summed E-state index contributed by atoms with van der Waals surface area (Å²) in [5, 5.41) is 9.15. The van der Waals surface area contributed by atoms with Gasteiger partial charge in [0.2, 0.25) is 0 Å². The van der Waals surface area contributed by atoms with Gasteiger partial charge in [-0.05, 0) is 30.5 Å². The highest BCUT2D eigenvalue weighted by atomic mass is 35.5. The van der Waals surface area contributed by atoms with Gasteiger partial charge in [0.15, 0.2) is 0 Å². The van der Waals surface area contributed by atoms with Crippen LogP contribution in [0.15, 0.2) is 18.2 Å². The van der Waals surface area contributed by atoms with Gasteiger partial charge < -0.3 is 5.11 Å². The van der Waals surface area contributed by atoms with Crippen molar-refractivity contribution >= 4 is 17.6 Å². The maximum Gasteiger partial charge on any atom is 0.306 e. The second-order valence-electron chi connectivity index (χ2n) is 3.38. The van der Waals surface area contributed by atoms with Crippen LogP contribution in [0.1, 0.15) is 18.9 Å². The fourth-order valence-corrected chi connectivity index (χ4v) is 1.52. The molecule has 1 unspecified atom stereocenters. The van der Waals surface area contributed by atoms with Crippen LogP contribution < -0.4 is 0 Å². The monoisotopic (exact) mass is 230 g/mol. The van der Waals surface area contributed by atoms with Crippen LogP contribution in [0.25, 0.3) is 0 Å². The van der Waals surface area contributed by atoms with E-state index in [0.29, 0.717) is 17.0 Å². The highest BCUT2D eigenvalue weighted by Crippen LogP contribution is 2.19. The van der Waals surface area contributed by atoms with Gasteiger partial charge in [-0.25, -0.2) is 4.39 Å². The Bertz CT molecular complexity index is 366. The molecule has 1 aromatic carbocycles. The summed E-state index contributed by atoms with van der Waals surface area (Å²) in [6.45, 7) is 1.77. The molecule has 0 aliphatic rings. The molecule has 1 N–H and O–H groups in total. The molecule has 0 saturated carbocycles. The molecular weight excluding hydrogens is 219 g/mol. The van der Waals surface area contributed by atoms with Crippen molar-refractivity contribution in [1.82, 2.24) is 0 Å². The molecule has 0 aliphatic heterocycles. The average molecular weight is 231 g/mol. The van der Waals surface area contributed by atoms with Crippen LogP contribution in [0.5, 0.6) is 0 Å². The first-order chi connectivity index (χ1) is 7.04. The second kappa shape index (κ2) is 5.12. The first kappa shape index (κ1) is 12.0. The molecule has 0 fully saturated rings. The minimum absolute atomic E-state index is 0.203. The Kier molecular flexibility index (Phi) is 4.09. The Morgan fingerprint density at radius 2 is 2.27 bits per heavy atom. The highest BCUT2D eigenvalue weighted by molar-refractivity contribution is 6.30. The third kappa shape index (κ3) is 3.20. The number of carbonyl (C=O) groups is 1. The van der Waals surface area contributed by atoms with Gasteiger partial charge in [0.25, 0.3) is 0 Å². The van der Waals surface area contributed by atoms with Crippen molar-refractivity contribution in [2.75, 3.05) is 0 Å². The standard InChI is InChI=1S/C11H12ClFO2/c1-2-7(11(14)15)5-8-3-4-9(12)6-10(8)13/h3-4,6-7H,2,5H2,1H3,(H,14,15). The second-order valence-corrected chi connectivity index (χ2v) is 3.82. The van der Waals surface area contributed by atoms with E-state index >= 15 is 0 Å². The van der Waals surface area contributed by atoms with Crippen molar-refractivity contribution in [2.24, 2.45) is 5.92 Å². The molecule has 0 bridgehead atoms. The Morgan fingerprint density at radius 1 is 1.60 bits per heavy atom. The summed E-state index contributed by atoms with van der Waals surface area (Å²) in [5.74, 6) is -1.88. The summed E-state index contributed by atoms with van der Waals surface area (Å²) in [6, 6.07) is 4.29. The van der Waals surface area contributed by atoms with Crippen molar-refractivity contribution in [1.29, 1.82) is 0 Å². The third-order valence-electron chi connectivity index (χ3n) is 2.32. The van der Waals surface area contributed by atoms with Crippen LogP contribution in [-0.4, -0.2) is 11.1 Å². The number of carboxylic acid groups (broad SMARTS) is 1. The number of aliphatic carboxylic acids is 1. The van der Waals surface area contributed by atoms with Gasteiger partial charge in [0, 0.05) is 5.02 Å². The number of halogens is 2. The van der Waals surface area contributed by atoms with E-state index in [1.54, 1.807) is 13.0 Å². The molecule has 0 aliphatic carbocycles. The van der Waals surface area contributed by atoms with Crippen LogP contribution in [0.2, 0.25) is 5.02 Å². The lowest BCUT2D eigenvalue weighted by molar-refractivity contribution is -0.141. The fourth-order valence-electron chi connectivity index (χ4n) is 1.36. The van der Waals surface area contributed by atoms with Gasteiger partial charge in [-0.15, -0.1) is 0 Å². The molecule has 2 nitrogen and oxygen atoms in total. The average Bonchev–Trinajstić information content (AvgIpc) is 2.16. The van der Waals surface area contributed by atoms with Gasteiger partial charge in [-0.2, -0.15) is 0 Å². The number of benzene rings is 1. The zero-order valence-corrected chi connectivity index (χ0v) is 9.09. The van der Waals surface area contributed by atoms with E-state index < -0.39 is 17.7 Å². The zero-order valence-electron chi connectivity index (χ0n) is 8.34. The van der Waals surface area contributed by atoms with E-state index in [1.807, 2.05) is 0 Å². The summed E-state index contributed by atoms with van der Waals surface area (Å²) in [7, 11) is 0. The lowest BCUT2D eigenvalue weighted by Gasteiger charge is -2.10. The number of rotatable bonds is 4. The Morgan fingerprint density at radius 3 is 2.73 bits per heavy atom. The smallest absolute Gasteiger partial charge is 0.306 e. The molecule has 0 amide bonds. The predicted molar refractivity (Wildman–Crippen MR) is 56.5 cm³/mol. The molecule has 82 valence electrons. The molecule has 0 radical (unpaired) electrons. The normalized spacial score (nSPS) is 12.5. The maximum absolute atomic E-state index is 13.3. The number of hydrogen-bond acceptors (Lipinski definition) is 1. The van der Waals surface area contributed by atoms with Crippen molar-refractivity contribution in [3.05, 3.63) is 34.6 Å². The topological polar surface area (TPSA) is 37.3 Å². The van der Waals surface area contributed by atoms with E-state index in [1.165, 1.54) is 12.1 Å². The van der Waals surface area contributed by atoms with Gasteiger partial charge in [0.1, 0.15) is 5.82 Å². The predicted octanol–water partition coefficient (Wildman–Crippen LogP) is 3.13. The molecular formula is C11H12ClFO2. The van der Waals surface area contributed by atoms with Crippen LogP contribution in [0, 0.1) is 11.7 Å². The van der Waals surface area contributed by atoms with Gasteiger partial charge >= 0.3 is 5.97 Å². The molecule has 0 saturated heterocycles. The first-order valence-electron chi connectivity index (χ1n) is 4.71. The van der Waals surface area contributed by atoms with Crippen LogP contribution in [0.3, 0.4) is 0 Å². The van der Waals surface area contributed by atoms with Crippen LogP contribution in [0.4, 0.5) is 4.39 Å². The highest BCUT2D eigenvalue weighted by Gasteiger charge is 2.17. The summed E-state index contributed by atoms with van der Waals surface area (Å²) in [5.41, 5.74) is 0.397. The van der Waals surface area contributed by atoms with Crippen molar-refractivity contribution < 1.29 is 14.3 Å². The zero-order chi connectivity index (χ0) is 11.4. The number of hydrogen-bond donors (Lipinski definition) is 1. The summed E-state index contributed by atoms with van der Waals surface area (Å²) >= 11 is 5.59. The molecule has 0 spiro atoms. The van der Waals surface area contributed by atoms with Crippen molar-refractivity contribution in [3.8, 4) is 0 Å². The van der Waals surface area contributed by atoms with Crippen LogP contribution in [-0.2, 0) is 11.2 Å². The quantitative estimate of drug-likeness (QED) is 0.863. The minimum atomic E-state index is -0.896. The molecule has 1 atom stereocenters. The van der Waals surface area contributed by atoms with Crippen LogP contribution >= 0.6 is 11.6 Å². The SMILES string of the molecule is CCC(Cc1ccc(Cl)cc1F)C(=O)O. The maximum atomic E-state index is 13.3. The molecule has 0 aromatic heterocycles. The van der Waals surface area contributed by atoms with Gasteiger partial charge in [0.05, 0.1) is 5.92 Å². The Labute approximate surface area is 92.7 Å². The Balaban J connectivity index is 2.84. The van der Waals surface area contributed by atoms with Gasteiger partial charge in [-0.1, -0.05) is 24.6 Å².